The molecule has 0 amide bonds. The Labute approximate surface area is 101 Å². The molecule has 1 unspecified atom stereocenters. The van der Waals surface area contributed by atoms with Crippen molar-refractivity contribution >= 4 is 5.97 Å². The zero-order valence-corrected chi connectivity index (χ0v) is 10.2. The molecule has 2 aliphatic rings. The van der Waals surface area contributed by atoms with E-state index in [0.717, 1.165) is 6.42 Å². The molecule has 5 nitrogen and oxygen atoms in total. The fourth-order valence-electron chi connectivity index (χ4n) is 2.36. The van der Waals surface area contributed by atoms with Crippen molar-refractivity contribution in [3.8, 4) is 0 Å². The molecule has 17 heavy (non-hydrogen) atoms. The lowest BCUT2D eigenvalue weighted by Crippen LogP contribution is -2.34. The number of ether oxygens (including phenoxy) is 2. The second-order valence-corrected chi connectivity index (χ2v) is 5.02. The van der Waals surface area contributed by atoms with Crippen molar-refractivity contribution in [2.75, 3.05) is 0 Å². The summed E-state index contributed by atoms with van der Waals surface area (Å²) in [5, 5.41) is 19.7. The molecule has 0 aromatic carbocycles. The lowest BCUT2D eigenvalue weighted by molar-refractivity contribution is -0.147. The third kappa shape index (κ3) is 2.61. The first-order valence-electron chi connectivity index (χ1n) is 6.26. The van der Waals surface area contributed by atoms with Gasteiger partial charge in [-0.25, -0.2) is 0 Å². The first-order valence-corrected chi connectivity index (χ1v) is 6.26. The third-order valence-corrected chi connectivity index (χ3v) is 3.50. The van der Waals surface area contributed by atoms with Crippen LogP contribution in [0.1, 0.15) is 33.1 Å². The van der Waals surface area contributed by atoms with E-state index < -0.39 is 18.3 Å². The zero-order valence-electron chi connectivity index (χ0n) is 10.2. The molecular formula is C12H20O5. The Kier molecular flexibility index (Phi) is 3.70. The van der Waals surface area contributed by atoms with Crippen LogP contribution < -0.4 is 0 Å². The van der Waals surface area contributed by atoms with Gasteiger partial charge in [-0.05, 0) is 6.42 Å². The number of epoxide rings is 1. The molecule has 98 valence electrons. The van der Waals surface area contributed by atoms with Gasteiger partial charge in [0.2, 0.25) is 0 Å². The van der Waals surface area contributed by atoms with Crippen LogP contribution in [-0.4, -0.2) is 46.7 Å². The fourth-order valence-corrected chi connectivity index (χ4v) is 2.36. The number of hydrogen-bond acceptors (Lipinski definition) is 5. The minimum atomic E-state index is -0.819. The monoisotopic (exact) mass is 244 g/mol. The Morgan fingerprint density at radius 2 is 2.12 bits per heavy atom. The van der Waals surface area contributed by atoms with E-state index in [1.165, 1.54) is 0 Å². The average molecular weight is 244 g/mol. The Morgan fingerprint density at radius 3 is 2.65 bits per heavy atom. The second-order valence-electron chi connectivity index (χ2n) is 5.02. The second kappa shape index (κ2) is 4.92. The van der Waals surface area contributed by atoms with Crippen molar-refractivity contribution in [2.45, 2.75) is 63.6 Å². The molecule has 2 N–H and O–H groups in total. The first-order chi connectivity index (χ1) is 8.04. The molecule has 2 saturated heterocycles. The van der Waals surface area contributed by atoms with Gasteiger partial charge in [0.05, 0.1) is 12.0 Å². The lowest BCUT2D eigenvalue weighted by Gasteiger charge is -2.15. The fraction of sp³-hybridized carbons (Fsp3) is 0.917. The number of esters is 1. The first kappa shape index (κ1) is 12.8. The number of hydrogen-bond donors (Lipinski definition) is 2. The highest BCUT2D eigenvalue weighted by atomic mass is 16.6. The number of carbonyl (C=O) groups is 1. The summed E-state index contributed by atoms with van der Waals surface area (Å²) in [5.41, 5.74) is 0. The molecule has 2 rings (SSSR count). The molecule has 2 fully saturated rings. The summed E-state index contributed by atoms with van der Waals surface area (Å²) in [6.45, 7) is 3.77. The molecule has 6 atom stereocenters. The highest BCUT2D eigenvalue weighted by molar-refractivity contribution is 5.74. The van der Waals surface area contributed by atoms with E-state index in [4.69, 9.17) is 9.47 Å². The SMILES string of the molecule is CCC[C@@H](O)[C@@H]1O[C@H]1C(O)[C@@H]1C[C@H](C)C(=O)O1. The van der Waals surface area contributed by atoms with Crippen molar-refractivity contribution < 1.29 is 24.5 Å². The summed E-state index contributed by atoms with van der Waals surface area (Å²) in [6, 6.07) is 0. The number of aliphatic hydroxyl groups excluding tert-OH is 2. The maximum atomic E-state index is 11.2. The number of rotatable bonds is 5. The molecule has 0 aromatic heterocycles. The van der Waals surface area contributed by atoms with E-state index in [-0.39, 0.29) is 24.1 Å². The van der Waals surface area contributed by atoms with Crippen molar-refractivity contribution in [1.82, 2.24) is 0 Å². The minimum Gasteiger partial charge on any atom is -0.459 e. The zero-order chi connectivity index (χ0) is 12.6. The van der Waals surface area contributed by atoms with E-state index in [9.17, 15) is 15.0 Å². The van der Waals surface area contributed by atoms with Crippen LogP contribution in [0.2, 0.25) is 0 Å². The predicted octanol–water partition coefficient (Wildman–Crippen LogP) is 0.227. The van der Waals surface area contributed by atoms with Gasteiger partial charge in [-0.15, -0.1) is 0 Å². The smallest absolute Gasteiger partial charge is 0.309 e. The summed E-state index contributed by atoms with van der Waals surface area (Å²) in [7, 11) is 0. The molecule has 0 radical (unpaired) electrons. The molecule has 0 aliphatic carbocycles. The molecule has 0 aromatic rings. The van der Waals surface area contributed by atoms with Gasteiger partial charge in [0.15, 0.2) is 0 Å². The van der Waals surface area contributed by atoms with Crippen LogP contribution in [0.25, 0.3) is 0 Å². The summed E-state index contributed by atoms with van der Waals surface area (Å²) in [4.78, 5) is 11.2. The Balaban J connectivity index is 1.83. The minimum absolute atomic E-state index is 0.160. The van der Waals surface area contributed by atoms with Crippen LogP contribution >= 0.6 is 0 Å². The molecular weight excluding hydrogens is 224 g/mol. The molecule has 2 heterocycles. The standard InChI is InChI=1S/C12H20O5/c1-3-4-7(13)10-11(17-10)9(14)8-5-6(2)12(15)16-8/h6-11,13-14H,3-5H2,1-2H3/t6-,7+,8-,9?,10-,11-/m0/s1. The van der Waals surface area contributed by atoms with Crippen LogP contribution in [0.5, 0.6) is 0 Å². The van der Waals surface area contributed by atoms with E-state index >= 15 is 0 Å². The molecule has 0 bridgehead atoms. The van der Waals surface area contributed by atoms with Crippen LogP contribution in [0, 0.1) is 5.92 Å². The topological polar surface area (TPSA) is 79.3 Å². The Morgan fingerprint density at radius 1 is 1.41 bits per heavy atom. The number of cyclic esters (lactones) is 1. The third-order valence-electron chi connectivity index (χ3n) is 3.50. The van der Waals surface area contributed by atoms with E-state index in [0.29, 0.717) is 12.8 Å². The van der Waals surface area contributed by atoms with Gasteiger partial charge in [0.25, 0.3) is 0 Å². The maximum absolute atomic E-state index is 11.2. The van der Waals surface area contributed by atoms with Gasteiger partial charge < -0.3 is 19.7 Å². The van der Waals surface area contributed by atoms with Gasteiger partial charge in [-0.1, -0.05) is 20.3 Å². The Bertz CT molecular complexity index is 293. The van der Waals surface area contributed by atoms with E-state index in [1.807, 2.05) is 6.92 Å². The van der Waals surface area contributed by atoms with Gasteiger partial charge >= 0.3 is 5.97 Å². The van der Waals surface area contributed by atoms with Crippen molar-refractivity contribution in [1.29, 1.82) is 0 Å². The number of carbonyl (C=O) groups excluding carboxylic acids is 1. The highest BCUT2D eigenvalue weighted by Gasteiger charge is 2.53. The quantitative estimate of drug-likeness (QED) is 0.534. The summed E-state index contributed by atoms with van der Waals surface area (Å²) >= 11 is 0. The normalized spacial score (nSPS) is 39.9. The van der Waals surface area contributed by atoms with Crippen LogP contribution in [0.4, 0.5) is 0 Å². The van der Waals surface area contributed by atoms with Gasteiger partial charge in [-0.2, -0.15) is 0 Å². The summed E-state index contributed by atoms with van der Waals surface area (Å²) < 4.78 is 10.4. The van der Waals surface area contributed by atoms with Crippen molar-refractivity contribution in [3.63, 3.8) is 0 Å². The molecule has 2 aliphatic heterocycles. The summed E-state index contributed by atoms with van der Waals surface area (Å²) in [5.74, 6) is -0.423. The van der Waals surface area contributed by atoms with E-state index in [2.05, 4.69) is 0 Å². The number of aliphatic hydroxyl groups is 2. The Hall–Kier alpha value is -0.650. The lowest BCUT2D eigenvalue weighted by atomic mass is 9.99. The van der Waals surface area contributed by atoms with Crippen LogP contribution in [-0.2, 0) is 14.3 Å². The largest absolute Gasteiger partial charge is 0.459 e. The van der Waals surface area contributed by atoms with E-state index in [1.54, 1.807) is 6.92 Å². The molecule has 0 saturated carbocycles. The predicted molar refractivity (Wildman–Crippen MR) is 59.2 cm³/mol. The van der Waals surface area contributed by atoms with Crippen molar-refractivity contribution in [3.05, 3.63) is 0 Å². The van der Waals surface area contributed by atoms with Gasteiger partial charge in [-0.3, -0.25) is 4.79 Å². The highest BCUT2D eigenvalue weighted by Crippen LogP contribution is 2.35. The van der Waals surface area contributed by atoms with Crippen molar-refractivity contribution in [2.24, 2.45) is 5.92 Å². The van der Waals surface area contributed by atoms with Crippen LogP contribution in [0.3, 0.4) is 0 Å². The molecule has 0 spiro atoms. The van der Waals surface area contributed by atoms with Gasteiger partial charge in [0, 0.05) is 6.42 Å². The molecule has 5 heteroatoms. The van der Waals surface area contributed by atoms with Gasteiger partial charge in [0.1, 0.15) is 24.4 Å². The maximum Gasteiger partial charge on any atom is 0.309 e. The van der Waals surface area contributed by atoms with Crippen LogP contribution in [0.15, 0.2) is 0 Å². The summed E-state index contributed by atoms with van der Waals surface area (Å²) in [6.07, 6.45) is -0.472. The average Bonchev–Trinajstić information content (AvgIpc) is 3.01.